The lowest BCUT2D eigenvalue weighted by Crippen LogP contribution is -2.14. The molecular weight excluding hydrogens is 182 g/mol. The first-order valence-corrected chi connectivity index (χ1v) is 5.43. The van der Waals surface area contributed by atoms with E-state index in [1.165, 1.54) is 17.7 Å². The molecule has 0 atom stereocenters. The third kappa shape index (κ3) is 2.42. The van der Waals surface area contributed by atoms with Gasteiger partial charge < -0.3 is 10.2 Å². The molecule has 3 nitrogen and oxygen atoms in total. The highest BCUT2D eigenvalue weighted by Crippen LogP contribution is 2.23. The van der Waals surface area contributed by atoms with Crippen molar-refractivity contribution in [2.24, 2.45) is 0 Å². The van der Waals surface area contributed by atoms with E-state index < -0.39 is 0 Å². The zero-order valence-corrected chi connectivity index (χ0v) is 8.90. The molecule has 0 aliphatic heterocycles. The third-order valence-electron chi connectivity index (χ3n) is 2.07. The van der Waals surface area contributed by atoms with Crippen LogP contribution in [0.25, 0.3) is 0 Å². The van der Waals surface area contributed by atoms with E-state index in [0.717, 1.165) is 17.7 Å². The summed E-state index contributed by atoms with van der Waals surface area (Å²) >= 11 is 1.76. The van der Waals surface area contributed by atoms with Crippen molar-refractivity contribution in [1.82, 2.24) is 10.3 Å². The topological polar surface area (TPSA) is 28.2 Å². The van der Waals surface area contributed by atoms with Crippen molar-refractivity contribution in [2.75, 3.05) is 19.0 Å². The average molecular weight is 197 g/mol. The Hall–Kier alpha value is -0.610. The summed E-state index contributed by atoms with van der Waals surface area (Å²) in [6.07, 6.45) is 4.66. The number of nitrogens with zero attached hydrogens (tertiary/aromatic N) is 2. The van der Waals surface area contributed by atoms with Gasteiger partial charge in [-0.15, -0.1) is 11.3 Å². The normalized spacial score (nSPS) is 16.2. The monoisotopic (exact) mass is 197 g/mol. The molecule has 1 saturated carbocycles. The smallest absolute Gasteiger partial charge is 0.185 e. The first-order chi connectivity index (χ1) is 6.25. The van der Waals surface area contributed by atoms with Crippen molar-refractivity contribution in [3.05, 3.63) is 11.1 Å². The van der Waals surface area contributed by atoms with Crippen molar-refractivity contribution in [3.63, 3.8) is 0 Å². The molecule has 0 radical (unpaired) electrons. The van der Waals surface area contributed by atoms with E-state index in [0.29, 0.717) is 0 Å². The van der Waals surface area contributed by atoms with Gasteiger partial charge in [0.15, 0.2) is 5.13 Å². The van der Waals surface area contributed by atoms with E-state index in [2.05, 4.69) is 10.3 Å². The van der Waals surface area contributed by atoms with E-state index in [4.69, 9.17) is 0 Å². The zero-order valence-electron chi connectivity index (χ0n) is 8.08. The molecule has 0 bridgehead atoms. The number of rotatable bonds is 4. The van der Waals surface area contributed by atoms with E-state index >= 15 is 0 Å². The second kappa shape index (κ2) is 3.64. The van der Waals surface area contributed by atoms with Crippen molar-refractivity contribution < 1.29 is 0 Å². The van der Waals surface area contributed by atoms with Crippen molar-refractivity contribution in [3.8, 4) is 0 Å². The summed E-state index contributed by atoms with van der Waals surface area (Å²) in [4.78, 5) is 7.69. The molecular formula is C9H15N3S. The Morgan fingerprint density at radius 2 is 2.38 bits per heavy atom. The largest absolute Gasteiger partial charge is 0.354 e. The molecule has 1 heterocycles. The number of aromatic nitrogens is 1. The Labute approximate surface area is 82.8 Å². The lowest BCUT2D eigenvalue weighted by atomic mass is 10.5. The molecule has 0 amide bonds. The van der Waals surface area contributed by atoms with Crippen LogP contribution in [-0.4, -0.2) is 25.1 Å². The number of nitrogens with one attached hydrogen (secondary N) is 1. The van der Waals surface area contributed by atoms with E-state index in [1.54, 1.807) is 11.3 Å². The van der Waals surface area contributed by atoms with Crippen LogP contribution in [0.15, 0.2) is 6.20 Å². The lowest BCUT2D eigenvalue weighted by Gasteiger charge is -2.05. The third-order valence-corrected chi connectivity index (χ3v) is 3.23. The number of thiazole rings is 1. The Balaban J connectivity index is 1.88. The summed E-state index contributed by atoms with van der Waals surface area (Å²) in [6, 6.07) is 0.782. The van der Waals surface area contributed by atoms with Gasteiger partial charge in [-0.1, -0.05) is 0 Å². The first-order valence-electron chi connectivity index (χ1n) is 4.61. The van der Waals surface area contributed by atoms with Gasteiger partial charge in [0.25, 0.3) is 0 Å². The van der Waals surface area contributed by atoms with Crippen molar-refractivity contribution >= 4 is 16.5 Å². The standard InChI is InChI=1S/C9H15N3S/c1-12(2)9-11-6-8(13-9)5-10-7-3-4-7/h6-7,10H,3-5H2,1-2H3. The fourth-order valence-electron chi connectivity index (χ4n) is 1.12. The lowest BCUT2D eigenvalue weighted by molar-refractivity contribution is 0.694. The van der Waals surface area contributed by atoms with Crippen LogP contribution in [0.3, 0.4) is 0 Å². The van der Waals surface area contributed by atoms with Crippen LogP contribution in [0.1, 0.15) is 17.7 Å². The number of hydrogen-bond acceptors (Lipinski definition) is 4. The maximum atomic E-state index is 4.32. The highest BCUT2D eigenvalue weighted by molar-refractivity contribution is 7.15. The molecule has 1 aliphatic rings. The van der Waals surface area contributed by atoms with Crippen LogP contribution in [0.5, 0.6) is 0 Å². The molecule has 4 heteroatoms. The molecule has 72 valence electrons. The predicted octanol–water partition coefficient (Wildman–Crippen LogP) is 1.46. The van der Waals surface area contributed by atoms with Crippen LogP contribution in [0, 0.1) is 0 Å². The van der Waals surface area contributed by atoms with Gasteiger partial charge in [-0.3, -0.25) is 0 Å². The van der Waals surface area contributed by atoms with Gasteiger partial charge >= 0.3 is 0 Å². The molecule has 0 spiro atoms. The second-order valence-electron chi connectivity index (χ2n) is 3.66. The fraction of sp³-hybridized carbons (Fsp3) is 0.667. The second-order valence-corrected chi connectivity index (χ2v) is 4.75. The number of anilines is 1. The van der Waals surface area contributed by atoms with Crippen molar-refractivity contribution in [2.45, 2.75) is 25.4 Å². The first kappa shape index (κ1) is 8.97. The maximum absolute atomic E-state index is 4.32. The summed E-state index contributed by atoms with van der Waals surface area (Å²) in [5.74, 6) is 0. The Kier molecular flexibility index (Phi) is 2.51. The molecule has 0 saturated heterocycles. The van der Waals surface area contributed by atoms with E-state index in [-0.39, 0.29) is 0 Å². The minimum absolute atomic E-state index is 0.782. The molecule has 0 unspecified atom stereocenters. The van der Waals surface area contributed by atoms with Gasteiger partial charge in [-0.25, -0.2) is 4.98 Å². The van der Waals surface area contributed by atoms with Crippen LogP contribution >= 0.6 is 11.3 Å². The summed E-state index contributed by atoms with van der Waals surface area (Å²) in [5.41, 5.74) is 0. The Morgan fingerprint density at radius 3 is 2.92 bits per heavy atom. The van der Waals surface area contributed by atoms with Crippen LogP contribution < -0.4 is 10.2 Å². The zero-order chi connectivity index (χ0) is 9.26. The van der Waals surface area contributed by atoms with Crippen LogP contribution in [-0.2, 0) is 6.54 Å². The fourth-order valence-corrected chi connectivity index (χ4v) is 1.90. The van der Waals surface area contributed by atoms with E-state index in [1.807, 2.05) is 25.2 Å². The van der Waals surface area contributed by atoms with Gasteiger partial charge in [0.1, 0.15) is 0 Å². The Bertz CT molecular complexity index is 278. The minimum atomic E-state index is 0.782. The molecule has 2 rings (SSSR count). The highest BCUT2D eigenvalue weighted by atomic mass is 32.1. The summed E-state index contributed by atoms with van der Waals surface area (Å²) < 4.78 is 0. The molecule has 13 heavy (non-hydrogen) atoms. The quantitative estimate of drug-likeness (QED) is 0.792. The summed E-state index contributed by atoms with van der Waals surface area (Å²) in [7, 11) is 4.05. The van der Waals surface area contributed by atoms with Crippen LogP contribution in [0.4, 0.5) is 5.13 Å². The van der Waals surface area contributed by atoms with Gasteiger partial charge in [0.05, 0.1) is 0 Å². The molecule has 1 fully saturated rings. The van der Waals surface area contributed by atoms with Crippen molar-refractivity contribution in [1.29, 1.82) is 0 Å². The SMILES string of the molecule is CN(C)c1ncc(CNC2CC2)s1. The maximum Gasteiger partial charge on any atom is 0.185 e. The molecule has 1 aliphatic carbocycles. The molecule has 1 aromatic rings. The van der Waals surface area contributed by atoms with Gasteiger partial charge in [0.2, 0.25) is 0 Å². The van der Waals surface area contributed by atoms with Gasteiger partial charge in [0, 0.05) is 37.8 Å². The summed E-state index contributed by atoms with van der Waals surface area (Å²) in [6.45, 7) is 0.982. The minimum Gasteiger partial charge on any atom is -0.354 e. The highest BCUT2D eigenvalue weighted by Gasteiger charge is 2.20. The average Bonchev–Trinajstić information content (AvgIpc) is 2.79. The van der Waals surface area contributed by atoms with E-state index in [9.17, 15) is 0 Å². The summed E-state index contributed by atoms with van der Waals surface area (Å²) in [5, 5.41) is 4.57. The predicted molar refractivity (Wildman–Crippen MR) is 56.3 cm³/mol. The van der Waals surface area contributed by atoms with Gasteiger partial charge in [-0.05, 0) is 12.8 Å². The number of hydrogen-bond donors (Lipinski definition) is 1. The molecule has 1 N–H and O–H groups in total. The van der Waals surface area contributed by atoms with Crippen LogP contribution in [0.2, 0.25) is 0 Å². The van der Waals surface area contributed by atoms with Gasteiger partial charge in [-0.2, -0.15) is 0 Å². The molecule has 0 aromatic carbocycles. The molecule has 1 aromatic heterocycles. The Morgan fingerprint density at radius 1 is 1.62 bits per heavy atom.